The van der Waals surface area contributed by atoms with Gasteiger partial charge in [-0.2, -0.15) is 0 Å². The lowest BCUT2D eigenvalue weighted by molar-refractivity contribution is -0.116. The Morgan fingerprint density at radius 3 is 2.62 bits per heavy atom. The predicted molar refractivity (Wildman–Crippen MR) is 115 cm³/mol. The Bertz CT molecular complexity index is 994. The molecule has 0 aliphatic carbocycles. The second-order valence-electron chi connectivity index (χ2n) is 7.31. The number of carbonyl (C=O) groups is 1. The SMILES string of the molecule is O=C(CCCOc1cccc2ccccc12)Nc1c(F)cccc1N1CCCC1. The summed E-state index contributed by atoms with van der Waals surface area (Å²) in [5.74, 6) is 0.223. The summed E-state index contributed by atoms with van der Waals surface area (Å²) >= 11 is 0. The Kier molecular flexibility index (Phi) is 5.94. The minimum absolute atomic E-state index is 0.197. The fraction of sp³-hybridized carbons (Fsp3) is 0.292. The summed E-state index contributed by atoms with van der Waals surface area (Å²) in [5, 5.41) is 4.95. The zero-order chi connectivity index (χ0) is 20.1. The molecule has 29 heavy (non-hydrogen) atoms. The van der Waals surface area contributed by atoms with Crippen molar-refractivity contribution in [3.8, 4) is 5.75 Å². The van der Waals surface area contributed by atoms with Gasteiger partial charge in [-0.15, -0.1) is 0 Å². The van der Waals surface area contributed by atoms with Crippen molar-refractivity contribution in [2.75, 3.05) is 29.9 Å². The number of amides is 1. The number of carbonyl (C=O) groups excluding carboxylic acids is 1. The molecule has 0 aromatic heterocycles. The number of nitrogens with one attached hydrogen (secondary N) is 1. The number of rotatable bonds is 7. The Hall–Kier alpha value is -3.08. The molecule has 150 valence electrons. The van der Waals surface area contributed by atoms with E-state index >= 15 is 0 Å². The van der Waals surface area contributed by atoms with Gasteiger partial charge in [0.1, 0.15) is 17.3 Å². The van der Waals surface area contributed by atoms with Crippen LogP contribution in [0.1, 0.15) is 25.7 Å². The van der Waals surface area contributed by atoms with Crippen molar-refractivity contribution in [1.29, 1.82) is 0 Å². The summed E-state index contributed by atoms with van der Waals surface area (Å²) in [6, 6.07) is 18.9. The van der Waals surface area contributed by atoms with Gasteiger partial charge >= 0.3 is 0 Å². The lowest BCUT2D eigenvalue weighted by Crippen LogP contribution is -2.22. The molecule has 0 saturated carbocycles. The molecule has 1 amide bonds. The Morgan fingerprint density at radius 1 is 1.00 bits per heavy atom. The van der Waals surface area contributed by atoms with Crippen LogP contribution in [-0.4, -0.2) is 25.6 Å². The van der Waals surface area contributed by atoms with Crippen molar-refractivity contribution in [1.82, 2.24) is 0 Å². The fourth-order valence-corrected chi connectivity index (χ4v) is 3.80. The van der Waals surface area contributed by atoms with E-state index in [2.05, 4.69) is 10.2 Å². The van der Waals surface area contributed by atoms with Crippen LogP contribution in [0.25, 0.3) is 10.8 Å². The number of fused-ring (bicyclic) bond motifs is 1. The van der Waals surface area contributed by atoms with Crippen LogP contribution in [0.3, 0.4) is 0 Å². The van der Waals surface area contributed by atoms with Crippen molar-refractivity contribution in [2.45, 2.75) is 25.7 Å². The molecule has 1 fully saturated rings. The number of benzene rings is 3. The molecular weight excluding hydrogens is 367 g/mol. The summed E-state index contributed by atoms with van der Waals surface area (Å²) in [5.41, 5.74) is 1.05. The van der Waals surface area contributed by atoms with Crippen LogP contribution in [0.15, 0.2) is 60.7 Å². The van der Waals surface area contributed by atoms with Gasteiger partial charge in [-0.05, 0) is 42.8 Å². The molecule has 3 aromatic rings. The summed E-state index contributed by atoms with van der Waals surface area (Å²) in [6.45, 7) is 2.22. The van der Waals surface area contributed by atoms with Gasteiger partial charge in [-0.1, -0.05) is 42.5 Å². The smallest absolute Gasteiger partial charge is 0.224 e. The summed E-state index contributed by atoms with van der Waals surface area (Å²) in [4.78, 5) is 14.5. The topological polar surface area (TPSA) is 41.6 Å². The molecule has 1 saturated heterocycles. The molecule has 1 aliphatic rings. The van der Waals surface area contributed by atoms with E-state index in [0.29, 0.717) is 13.0 Å². The molecular formula is C24H25FN2O2. The van der Waals surface area contributed by atoms with E-state index in [1.54, 1.807) is 6.07 Å². The van der Waals surface area contributed by atoms with Gasteiger partial charge in [0.2, 0.25) is 5.91 Å². The minimum atomic E-state index is -0.394. The molecule has 1 N–H and O–H groups in total. The van der Waals surface area contributed by atoms with Gasteiger partial charge in [-0.3, -0.25) is 4.79 Å². The van der Waals surface area contributed by atoms with Crippen LogP contribution in [-0.2, 0) is 4.79 Å². The van der Waals surface area contributed by atoms with E-state index in [0.717, 1.165) is 48.1 Å². The molecule has 0 spiro atoms. The van der Waals surface area contributed by atoms with Gasteiger partial charge in [0.25, 0.3) is 0 Å². The van der Waals surface area contributed by atoms with E-state index < -0.39 is 5.82 Å². The lowest BCUT2D eigenvalue weighted by atomic mass is 10.1. The first-order valence-electron chi connectivity index (χ1n) is 10.2. The van der Waals surface area contributed by atoms with Crippen LogP contribution in [0.2, 0.25) is 0 Å². The molecule has 4 rings (SSSR count). The second-order valence-corrected chi connectivity index (χ2v) is 7.31. The average molecular weight is 392 g/mol. The minimum Gasteiger partial charge on any atom is -0.493 e. The second kappa shape index (κ2) is 8.95. The van der Waals surface area contributed by atoms with Crippen molar-refractivity contribution >= 4 is 28.1 Å². The highest BCUT2D eigenvalue weighted by atomic mass is 19.1. The van der Waals surface area contributed by atoms with Crippen molar-refractivity contribution in [3.05, 3.63) is 66.5 Å². The predicted octanol–water partition coefficient (Wildman–Crippen LogP) is 5.38. The van der Waals surface area contributed by atoms with Crippen LogP contribution >= 0.6 is 0 Å². The molecule has 4 nitrogen and oxygen atoms in total. The maximum Gasteiger partial charge on any atom is 0.224 e. The number of ether oxygens (including phenoxy) is 1. The van der Waals surface area contributed by atoms with Gasteiger partial charge in [0.05, 0.1) is 12.3 Å². The first-order chi connectivity index (χ1) is 14.2. The van der Waals surface area contributed by atoms with Crippen molar-refractivity contribution in [3.63, 3.8) is 0 Å². The van der Waals surface area contributed by atoms with Gasteiger partial charge < -0.3 is 15.0 Å². The van der Waals surface area contributed by atoms with E-state index in [1.807, 2.05) is 48.5 Å². The van der Waals surface area contributed by atoms with Crippen LogP contribution in [0.4, 0.5) is 15.8 Å². The number of hydrogen-bond donors (Lipinski definition) is 1. The molecule has 5 heteroatoms. The quantitative estimate of drug-likeness (QED) is 0.549. The van der Waals surface area contributed by atoms with Gasteiger partial charge in [-0.25, -0.2) is 4.39 Å². The van der Waals surface area contributed by atoms with Crippen LogP contribution in [0.5, 0.6) is 5.75 Å². The number of hydrogen-bond acceptors (Lipinski definition) is 3. The highest BCUT2D eigenvalue weighted by molar-refractivity contribution is 5.94. The molecule has 1 heterocycles. The third-order valence-electron chi connectivity index (χ3n) is 5.26. The standard InChI is InChI=1S/C24H25FN2O2/c25-20-11-6-12-21(27-15-3-4-16-27)24(20)26-23(28)14-7-17-29-22-13-5-9-18-8-1-2-10-19(18)22/h1-2,5-6,8-13H,3-4,7,14-17H2,(H,26,28). The maximum absolute atomic E-state index is 14.4. The first-order valence-corrected chi connectivity index (χ1v) is 10.2. The first kappa shape index (κ1) is 19.2. The lowest BCUT2D eigenvalue weighted by Gasteiger charge is -2.22. The van der Waals surface area contributed by atoms with Gasteiger partial charge in [0, 0.05) is 24.9 Å². The van der Waals surface area contributed by atoms with E-state index in [4.69, 9.17) is 4.74 Å². The average Bonchev–Trinajstić information content (AvgIpc) is 3.27. The number of anilines is 2. The largest absolute Gasteiger partial charge is 0.493 e. The monoisotopic (exact) mass is 392 g/mol. The van der Waals surface area contributed by atoms with Crippen molar-refractivity contribution in [2.24, 2.45) is 0 Å². The van der Waals surface area contributed by atoms with Crippen molar-refractivity contribution < 1.29 is 13.9 Å². The molecule has 0 radical (unpaired) electrons. The normalized spacial score (nSPS) is 13.6. The highest BCUT2D eigenvalue weighted by Crippen LogP contribution is 2.31. The zero-order valence-electron chi connectivity index (χ0n) is 16.4. The van der Waals surface area contributed by atoms with E-state index in [9.17, 15) is 9.18 Å². The Balaban J connectivity index is 1.33. The van der Waals surface area contributed by atoms with Crippen LogP contribution in [0, 0.1) is 5.82 Å². The van der Waals surface area contributed by atoms with Crippen LogP contribution < -0.4 is 15.0 Å². The molecule has 0 bridgehead atoms. The van der Waals surface area contributed by atoms with E-state index in [1.165, 1.54) is 6.07 Å². The molecule has 3 aromatic carbocycles. The Labute approximate surface area is 170 Å². The number of para-hydroxylation sites is 1. The Morgan fingerprint density at radius 2 is 1.76 bits per heavy atom. The summed E-state index contributed by atoms with van der Waals surface area (Å²) in [6.07, 6.45) is 3.02. The summed E-state index contributed by atoms with van der Waals surface area (Å²) < 4.78 is 20.2. The van der Waals surface area contributed by atoms with Gasteiger partial charge in [0.15, 0.2) is 0 Å². The number of nitrogens with zero attached hydrogens (tertiary/aromatic N) is 1. The van der Waals surface area contributed by atoms with E-state index in [-0.39, 0.29) is 18.0 Å². The maximum atomic E-state index is 14.4. The third-order valence-corrected chi connectivity index (χ3v) is 5.26. The molecule has 1 aliphatic heterocycles. The third kappa shape index (κ3) is 4.50. The highest BCUT2D eigenvalue weighted by Gasteiger charge is 2.19. The molecule has 0 unspecified atom stereocenters. The summed E-state index contributed by atoms with van der Waals surface area (Å²) in [7, 11) is 0. The number of halogens is 1. The molecule has 0 atom stereocenters. The fourth-order valence-electron chi connectivity index (χ4n) is 3.80. The zero-order valence-corrected chi connectivity index (χ0v) is 16.4.